The number of hydrogen-bond donors (Lipinski definition) is 4. The zero-order valence-corrected chi connectivity index (χ0v) is 5.33. The van der Waals surface area contributed by atoms with Gasteiger partial charge in [0.2, 0.25) is 0 Å². The predicted octanol–water partition coefficient (Wildman–Crippen LogP) is -1.80. The third-order valence-electron chi connectivity index (χ3n) is 1.55. The molecular weight excluding hydrogens is 120 g/mol. The van der Waals surface area contributed by atoms with Crippen LogP contribution in [0, 0.1) is 0 Å². The van der Waals surface area contributed by atoms with Gasteiger partial charge in [0, 0.05) is 12.6 Å². The fourth-order valence-electron chi connectivity index (χ4n) is 0.864. The summed E-state index contributed by atoms with van der Waals surface area (Å²) in [5, 5.41) is 18.1. The SMILES string of the molecule is C[C@H]1NNC[C@@H](O)[C@H]1O. The van der Waals surface area contributed by atoms with Crippen molar-refractivity contribution < 1.29 is 10.2 Å². The molecule has 9 heavy (non-hydrogen) atoms. The molecule has 3 atom stereocenters. The predicted molar refractivity (Wildman–Crippen MR) is 32.6 cm³/mol. The maximum Gasteiger partial charge on any atom is 0.0975 e. The van der Waals surface area contributed by atoms with Crippen molar-refractivity contribution in [3.63, 3.8) is 0 Å². The van der Waals surface area contributed by atoms with E-state index < -0.39 is 12.2 Å². The average molecular weight is 132 g/mol. The molecule has 1 fully saturated rings. The van der Waals surface area contributed by atoms with Crippen LogP contribution in [0.1, 0.15) is 6.92 Å². The van der Waals surface area contributed by atoms with Gasteiger partial charge in [0.15, 0.2) is 0 Å². The summed E-state index contributed by atoms with van der Waals surface area (Å²) in [6, 6.07) is -0.0752. The normalized spacial score (nSPS) is 45.0. The van der Waals surface area contributed by atoms with Crippen molar-refractivity contribution in [1.82, 2.24) is 10.9 Å². The number of aliphatic hydroxyl groups excluding tert-OH is 2. The van der Waals surface area contributed by atoms with E-state index in [0.29, 0.717) is 6.54 Å². The minimum Gasteiger partial charge on any atom is -0.389 e. The molecule has 1 rings (SSSR count). The molecular formula is C5H12N2O2. The van der Waals surface area contributed by atoms with Crippen LogP contribution in [0.3, 0.4) is 0 Å². The summed E-state index contributed by atoms with van der Waals surface area (Å²) in [5.74, 6) is 0. The second kappa shape index (κ2) is 2.62. The lowest BCUT2D eigenvalue weighted by molar-refractivity contribution is -0.0263. The molecule has 0 aromatic carbocycles. The fraction of sp³-hybridized carbons (Fsp3) is 1.00. The van der Waals surface area contributed by atoms with E-state index in [4.69, 9.17) is 10.2 Å². The molecule has 1 aliphatic heterocycles. The van der Waals surface area contributed by atoms with Gasteiger partial charge in [-0.15, -0.1) is 0 Å². The highest BCUT2D eigenvalue weighted by Gasteiger charge is 2.26. The number of rotatable bonds is 0. The van der Waals surface area contributed by atoms with E-state index in [-0.39, 0.29) is 6.04 Å². The Bertz CT molecular complexity index is 89.0. The summed E-state index contributed by atoms with van der Waals surface area (Å²) in [6.45, 7) is 2.21. The van der Waals surface area contributed by atoms with E-state index >= 15 is 0 Å². The van der Waals surface area contributed by atoms with Gasteiger partial charge in [-0.25, -0.2) is 0 Å². The first-order valence-electron chi connectivity index (χ1n) is 3.06. The lowest BCUT2D eigenvalue weighted by Gasteiger charge is -2.30. The Kier molecular flexibility index (Phi) is 2.02. The fourth-order valence-corrected chi connectivity index (χ4v) is 0.864. The lowest BCUT2D eigenvalue weighted by Crippen LogP contribution is -2.59. The quantitative estimate of drug-likeness (QED) is 0.314. The molecule has 0 aromatic rings. The zero-order valence-electron chi connectivity index (χ0n) is 5.33. The molecule has 4 nitrogen and oxygen atoms in total. The first kappa shape index (κ1) is 6.95. The maximum absolute atomic E-state index is 9.09. The second-order valence-electron chi connectivity index (χ2n) is 2.37. The summed E-state index contributed by atoms with van der Waals surface area (Å²) >= 11 is 0. The van der Waals surface area contributed by atoms with Gasteiger partial charge in [-0.3, -0.25) is 10.9 Å². The average Bonchev–Trinajstić information content (AvgIpc) is 1.83. The second-order valence-corrected chi connectivity index (χ2v) is 2.37. The van der Waals surface area contributed by atoms with Crippen molar-refractivity contribution in [2.75, 3.05) is 6.54 Å². The molecule has 1 aliphatic rings. The molecule has 0 spiro atoms. The highest BCUT2D eigenvalue weighted by Crippen LogP contribution is 2.01. The topological polar surface area (TPSA) is 64.5 Å². The summed E-state index contributed by atoms with van der Waals surface area (Å²) in [4.78, 5) is 0. The number of β-amino-alcohol motifs (C(OH)–C–C–N with tert-alkyl or cyclic N) is 1. The third-order valence-corrected chi connectivity index (χ3v) is 1.55. The van der Waals surface area contributed by atoms with Gasteiger partial charge in [-0.2, -0.15) is 0 Å². The molecule has 0 aliphatic carbocycles. The molecule has 4 N–H and O–H groups in total. The summed E-state index contributed by atoms with van der Waals surface area (Å²) in [5.41, 5.74) is 5.56. The minimum absolute atomic E-state index is 0.0752. The highest BCUT2D eigenvalue weighted by molar-refractivity contribution is 4.81. The van der Waals surface area contributed by atoms with Crippen LogP contribution in [0.15, 0.2) is 0 Å². The first-order chi connectivity index (χ1) is 4.22. The molecule has 0 amide bonds. The van der Waals surface area contributed by atoms with Gasteiger partial charge in [-0.05, 0) is 6.92 Å². The molecule has 0 radical (unpaired) electrons. The lowest BCUT2D eigenvalue weighted by atomic mass is 10.1. The van der Waals surface area contributed by atoms with Crippen molar-refractivity contribution in [3.05, 3.63) is 0 Å². The van der Waals surface area contributed by atoms with Crippen LogP contribution in [-0.2, 0) is 0 Å². The molecule has 0 aromatic heterocycles. The molecule has 4 heteroatoms. The zero-order chi connectivity index (χ0) is 6.85. The van der Waals surface area contributed by atoms with Gasteiger partial charge in [0.05, 0.1) is 12.2 Å². The van der Waals surface area contributed by atoms with E-state index in [9.17, 15) is 0 Å². The summed E-state index contributed by atoms with van der Waals surface area (Å²) in [7, 11) is 0. The van der Waals surface area contributed by atoms with E-state index in [0.717, 1.165) is 0 Å². The van der Waals surface area contributed by atoms with Crippen LogP contribution in [0.5, 0.6) is 0 Å². The molecule has 0 saturated carbocycles. The van der Waals surface area contributed by atoms with Crippen LogP contribution < -0.4 is 10.9 Å². The smallest absolute Gasteiger partial charge is 0.0975 e. The Morgan fingerprint density at radius 2 is 2.11 bits per heavy atom. The van der Waals surface area contributed by atoms with Crippen molar-refractivity contribution in [1.29, 1.82) is 0 Å². The van der Waals surface area contributed by atoms with Crippen LogP contribution in [0.4, 0.5) is 0 Å². The van der Waals surface area contributed by atoms with Crippen molar-refractivity contribution in [3.8, 4) is 0 Å². The summed E-state index contributed by atoms with van der Waals surface area (Å²) in [6.07, 6.45) is -1.28. The first-order valence-corrected chi connectivity index (χ1v) is 3.06. The number of aliphatic hydroxyl groups is 2. The molecule has 54 valence electrons. The third kappa shape index (κ3) is 1.40. The Morgan fingerprint density at radius 3 is 2.56 bits per heavy atom. The van der Waals surface area contributed by atoms with E-state index in [1.165, 1.54) is 0 Å². The van der Waals surface area contributed by atoms with Crippen LogP contribution in [0.2, 0.25) is 0 Å². The van der Waals surface area contributed by atoms with E-state index in [2.05, 4.69) is 10.9 Å². The monoisotopic (exact) mass is 132 g/mol. The Morgan fingerprint density at radius 1 is 1.44 bits per heavy atom. The minimum atomic E-state index is -0.647. The van der Waals surface area contributed by atoms with Gasteiger partial charge in [-0.1, -0.05) is 0 Å². The molecule has 1 heterocycles. The van der Waals surface area contributed by atoms with Crippen molar-refractivity contribution in [2.24, 2.45) is 0 Å². The van der Waals surface area contributed by atoms with Crippen LogP contribution in [0.25, 0.3) is 0 Å². The number of hydrazine groups is 1. The summed E-state index contributed by atoms with van der Waals surface area (Å²) < 4.78 is 0. The molecule has 0 bridgehead atoms. The molecule has 1 saturated heterocycles. The van der Waals surface area contributed by atoms with Crippen LogP contribution >= 0.6 is 0 Å². The largest absolute Gasteiger partial charge is 0.389 e. The van der Waals surface area contributed by atoms with Gasteiger partial charge >= 0.3 is 0 Å². The van der Waals surface area contributed by atoms with Crippen molar-refractivity contribution >= 4 is 0 Å². The van der Waals surface area contributed by atoms with Crippen LogP contribution in [-0.4, -0.2) is 35.0 Å². The standard InChI is InChI=1S/C5H12N2O2/c1-3-5(9)4(8)2-6-7-3/h3-9H,2H2,1H3/t3-,4-,5+/m1/s1. The van der Waals surface area contributed by atoms with Gasteiger partial charge in [0.1, 0.15) is 0 Å². The Balaban J connectivity index is 2.41. The number of hydrogen-bond acceptors (Lipinski definition) is 4. The highest BCUT2D eigenvalue weighted by atomic mass is 16.3. The molecule has 0 unspecified atom stereocenters. The maximum atomic E-state index is 9.09. The Hall–Kier alpha value is -0.160. The van der Waals surface area contributed by atoms with E-state index in [1.54, 1.807) is 6.92 Å². The van der Waals surface area contributed by atoms with E-state index in [1.807, 2.05) is 0 Å². The Labute approximate surface area is 53.9 Å². The van der Waals surface area contributed by atoms with Gasteiger partial charge in [0.25, 0.3) is 0 Å². The number of nitrogens with one attached hydrogen (secondary N) is 2. The van der Waals surface area contributed by atoms with Gasteiger partial charge < -0.3 is 10.2 Å². The van der Waals surface area contributed by atoms with Crippen molar-refractivity contribution in [2.45, 2.75) is 25.2 Å².